The number of nitrogens with one attached hydrogen (secondary N) is 3. The fraction of sp³-hybridized carbons (Fsp3) is 0.238. The number of hydrogen-bond acceptors (Lipinski definition) is 8. The molecule has 3 aromatic rings. The Morgan fingerprint density at radius 2 is 1.91 bits per heavy atom. The van der Waals surface area contributed by atoms with Crippen molar-refractivity contribution < 1.29 is 31.5 Å². The van der Waals surface area contributed by atoms with Crippen LogP contribution in [-0.4, -0.2) is 49.7 Å². The molecule has 186 valence electrons. The molecule has 0 aliphatic rings. The van der Waals surface area contributed by atoms with E-state index in [9.17, 15) is 17.6 Å². The second-order valence-electron chi connectivity index (χ2n) is 7.03. The van der Waals surface area contributed by atoms with Gasteiger partial charge >= 0.3 is 5.91 Å². The third-order valence-corrected chi connectivity index (χ3v) is 6.19. The van der Waals surface area contributed by atoms with Crippen LogP contribution < -0.4 is 25.6 Å². The molecule has 1 aromatic carbocycles. The number of methoxy groups -OCH3 is 2. The highest BCUT2D eigenvalue weighted by molar-refractivity contribution is 7.90. The molecule has 0 unspecified atom stereocenters. The Hall–Kier alpha value is -4.20. The van der Waals surface area contributed by atoms with E-state index in [2.05, 4.69) is 30.5 Å². The Labute approximate surface area is 200 Å². The second-order valence-corrected chi connectivity index (χ2v) is 9.05. The van der Waals surface area contributed by atoms with Crippen molar-refractivity contribution in [3.8, 4) is 11.5 Å². The number of halogens is 1. The smallest absolute Gasteiger partial charge is 0.305 e. The molecule has 12 nitrogen and oxygen atoms in total. The molecule has 2 aromatic heterocycles. The Morgan fingerprint density at radius 1 is 1.17 bits per heavy atom. The quantitative estimate of drug-likeness (QED) is 0.234. The normalized spacial score (nSPS) is 12.5. The maximum atomic E-state index is 13.1. The lowest BCUT2D eigenvalue weighted by Gasteiger charge is -2.16. The van der Waals surface area contributed by atoms with Crippen molar-refractivity contribution in [3.63, 3.8) is 0 Å². The summed E-state index contributed by atoms with van der Waals surface area (Å²) >= 11 is 0. The van der Waals surface area contributed by atoms with Crippen LogP contribution in [0.3, 0.4) is 0 Å². The first-order valence-corrected chi connectivity index (χ1v) is 11.6. The number of hydrogen-bond donors (Lipinski definition) is 3. The zero-order valence-corrected chi connectivity index (χ0v) is 19.8. The van der Waals surface area contributed by atoms with Gasteiger partial charge in [-0.2, -0.15) is 0 Å². The minimum absolute atomic E-state index is 0.0106. The van der Waals surface area contributed by atoms with E-state index >= 15 is 0 Å². The highest BCUT2D eigenvalue weighted by Gasteiger charge is 2.24. The van der Waals surface area contributed by atoms with Crippen LogP contribution in [0.25, 0.3) is 0 Å². The third kappa shape index (κ3) is 6.89. The molecule has 0 fully saturated rings. The second kappa shape index (κ2) is 11.3. The average molecular weight is 507 g/mol. The minimum atomic E-state index is -4.17. The summed E-state index contributed by atoms with van der Waals surface area (Å²) in [6.07, 6.45) is 3.08. The number of carbonyl (C=O) groups is 1. The standard InChI is InChI=1S/C21H23FN6O6S/c1-13(9-19-23-11-14(22)12-24-19)35(30,31)28-21(27-26-20(29)17-5-4-8-34-17)25-16-7-6-15(32-2)10-18(16)33-3/h4-8,10-13H,9H2,1-3H3,(H,26,29)(H2,25,27,28)/t13-/m1/s1. The average Bonchev–Trinajstić information content (AvgIpc) is 3.39. The maximum Gasteiger partial charge on any atom is 0.305 e. The molecule has 3 rings (SSSR count). The van der Waals surface area contributed by atoms with Crippen LogP contribution in [-0.2, 0) is 16.4 Å². The molecule has 1 amide bonds. The van der Waals surface area contributed by atoms with Crippen molar-refractivity contribution >= 4 is 27.6 Å². The van der Waals surface area contributed by atoms with Crippen LogP contribution in [0.1, 0.15) is 23.3 Å². The summed E-state index contributed by atoms with van der Waals surface area (Å²) in [5.41, 5.74) is 5.09. The monoisotopic (exact) mass is 506 g/mol. The van der Waals surface area contributed by atoms with Crippen molar-refractivity contribution in [2.75, 3.05) is 19.5 Å². The lowest BCUT2D eigenvalue weighted by atomic mass is 10.2. The van der Waals surface area contributed by atoms with Gasteiger partial charge < -0.3 is 19.2 Å². The van der Waals surface area contributed by atoms with E-state index in [0.717, 1.165) is 12.4 Å². The van der Waals surface area contributed by atoms with Gasteiger partial charge in [0.15, 0.2) is 11.6 Å². The van der Waals surface area contributed by atoms with Crippen molar-refractivity contribution in [2.45, 2.75) is 18.6 Å². The number of nitrogens with zero attached hydrogens (tertiary/aromatic N) is 3. The Morgan fingerprint density at radius 3 is 2.54 bits per heavy atom. The van der Waals surface area contributed by atoms with Gasteiger partial charge in [-0.15, -0.1) is 4.40 Å². The number of sulfonamides is 1. The van der Waals surface area contributed by atoms with E-state index in [1.54, 1.807) is 18.2 Å². The Kier molecular flexibility index (Phi) is 8.20. The van der Waals surface area contributed by atoms with Crippen molar-refractivity contribution in [1.82, 2.24) is 20.8 Å². The van der Waals surface area contributed by atoms with E-state index in [0.29, 0.717) is 17.2 Å². The van der Waals surface area contributed by atoms with Gasteiger partial charge in [0.05, 0.1) is 43.8 Å². The summed E-state index contributed by atoms with van der Waals surface area (Å²) in [5.74, 6) is -0.700. The SMILES string of the molecule is COc1ccc(N/C(=N/S(=O)(=O)[C@H](C)Cc2ncc(F)cn2)NNC(=O)c2ccco2)c(OC)c1. The minimum Gasteiger partial charge on any atom is -0.497 e. The van der Waals surface area contributed by atoms with Gasteiger partial charge in [0, 0.05) is 12.5 Å². The number of furan rings is 1. The Balaban J connectivity index is 1.86. The number of rotatable bonds is 8. The predicted octanol–water partition coefficient (Wildman–Crippen LogP) is 1.89. The summed E-state index contributed by atoms with van der Waals surface area (Å²) < 4.78 is 58.2. The molecular weight excluding hydrogens is 483 g/mol. The summed E-state index contributed by atoms with van der Waals surface area (Å²) in [6, 6.07) is 7.71. The topological polar surface area (TPSA) is 157 Å². The van der Waals surface area contributed by atoms with E-state index in [-0.39, 0.29) is 24.0 Å². The van der Waals surface area contributed by atoms with Crippen LogP contribution in [0.15, 0.2) is 57.8 Å². The van der Waals surface area contributed by atoms with Crippen LogP contribution in [0.5, 0.6) is 11.5 Å². The number of aromatic nitrogens is 2. The largest absolute Gasteiger partial charge is 0.497 e. The molecule has 0 aliphatic carbocycles. The molecular formula is C21H23FN6O6S. The molecule has 1 atom stereocenters. The van der Waals surface area contributed by atoms with Gasteiger partial charge in [-0.25, -0.2) is 22.8 Å². The van der Waals surface area contributed by atoms with Gasteiger partial charge in [0.2, 0.25) is 5.96 Å². The first-order chi connectivity index (χ1) is 16.7. The molecule has 14 heteroatoms. The molecule has 0 aliphatic heterocycles. The lowest BCUT2D eigenvalue weighted by molar-refractivity contribution is 0.0916. The molecule has 0 bridgehead atoms. The van der Waals surface area contributed by atoms with E-state index in [4.69, 9.17) is 13.9 Å². The summed E-state index contributed by atoms with van der Waals surface area (Å²) in [7, 11) is -1.27. The van der Waals surface area contributed by atoms with Crippen LogP contribution in [0.4, 0.5) is 10.1 Å². The van der Waals surface area contributed by atoms with Crippen LogP contribution >= 0.6 is 0 Å². The zero-order chi connectivity index (χ0) is 25.4. The number of carbonyl (C=O) groups excluding carboxylic acids is 1. The van der Waals surface area contributed by atoms with Gasteiger partial charge in [0.1, 0.15) is 17.3 Å². The molecule has 0 saturated carbocycles. The maximum absolute atomic E-state index is 13.1. The van der Waals surface area contributed by atoms with Gasteiger partial charge in [-0.05, 0) is 31.2 Å². The van der Waals surface area contributed by atoms with Crippen molar-refractivity contribution in [2.24, 2.45) is 4.40 Å². The van der Waals surface area contributed by atoms with E-state index in [1.807, 2.05) is 0 Å². The third-order valence-electron chi connectivity index (χ3n) is 4.57. The fourth-order valence-electron chi connectivity index (χ4n) is 2.72. The predicted molar refractivity (Wildman–Crippen MR) is 124 cm³/mol. The molecule has 3 N–H and O–H groups in total. The molecule has 35 heavy (non-hydrogen) atoms. The van der Waals surface area contributed by atoms with Crippen LogP contribution in [0, 0.1) is 5.82 Å². The zero-order valence-electron chi connectivity index (χ0n) is 19.0. The first kappa shape index (κ1) is 25.4. The van der Waals surface area contributed by atoms with E-state index < -0.39 is 27.0 Å². The highest BCUT2D eigenvalue weighted by atomic mass is 32.2. The van der Waals surface area contributed by atoms with Gasteiger partial charge in [0.25, 0.3) is 10.0 Å². The van der Waals surface area contributed by atoms with E-state index in [1.165, 1.54) is 39.5 Å². The molecule has 0 saturated heterocycles. The number of guanidine groups is 1. The summed E-state index contributed by atoms with van der Waals surface area (Å²) in [4.78, 5) is 19.8. The van der Waals surface area contributed by atoms with Gasteiger partial charge in [-0.1, -0.05) is 0 Å². The number of benzene rings is 1. The molecule has 2 heterocycles. The van der Waals surface area contributed by atoms with Gasteiger partial charge in [-0.3, -0.25) is 15.6 Å². The van der Waals surface area contributed by atoms with Crippen molar-refractivity contribution in [1.29, 1.82) is 0 Å². The lowest BCUT2D eigenvalue weighted by Crippen LogP contribution is -2.45. The highest BCUT2D eigenvalue weighted by Crippen LogP contribution is 2.29. The fourth-order valence-corrected chi connectivity index (χ4v) is 3.60. The summed E-state index contributed by atoms with van der Waals surface area (Å²) in [6.45, 7) is 1.40. The first-order valence-electron chi connectivity index (χ1n) is 10.1. The number of anilines is 1. The molecule has 0 radical (unpaired) electrons. The molecule has 0 spiro atoms. The summed E-state index contributed by atoms with van der Waals surface area (Å²) in [5, 5.41) is 1.71. The number of hydrazine groups is 1. The number of amides is 1. The van der Waals surface area contributed by atoms with Crippen LogP contribution in [0.2, 0.25) is 0 Å². The Bertz CT molecular complexity index is 1280. The number of ether oxygens (including phenoxy) is 2. The van der Waals surface area contributed by atoms with Crippen molar-refractivity contribution in [3.05, 3.63) is 66.4 Å².